The Labute approximate surface area is 160 Å². The first-order valence-corrected chi connectivity index (χ1v) is 9.14. The summed E-state index contributed by atoms with van der Waals surface area (Å²) in [6.45, 7) is 0.304. The molecular weight excluding hydrogens is 406 g/mol. The standard InChI is InChI=1S/C18H14F6N2OS/c19-17(20,21)12-4-6-14(7-5-12)25-16(27)26-8-9-28-15(26)11-2-1-3-13(10-11)18(22,23)24/h1-7,10,15H,8-9H2,(H,25,27). The predicted molar refractivity (Wildman–Crippen MR) is 93.8 cm³/mol. The van der Waals surface area contributed by atoms with Crippen LogP contribution in [0, 0.1) is 0 Å². The second-order valence-electron chi connectivity index (χ2n) is 6.05. The van der Waals surface area contributed by atoms with Crippen LogP contribution in [0.3, 0.4) is 0 Å². The maximum Gasteiger partial charge on any atom is 0.416 e. The van der Waals surface area contributed by atoms with Crippen molar-refractivity contribution in [2.75, 3.05) is 17.6 Å². The summed E-state index contributed by atoms with van der Waals surface area (Å²) in [6.07, 6.45) is -8.98. The largest absolute Gasteiger partial charge is 0.416 e. The second-order valence-corrected chi connectivity index (χ2v) is 7.23. The van der Waals surface area contributed by atoms with Crippen LogP contribution in [0.25, 0.3) is 0 Å². The van der Waals surface area contributed by atoms with Crippen LogP contribution in [0.4, 0.5) is 36.8 Å². The minimum absolute atomic E-state index is 0.165. The van der Waals surface area contributed by atoms with Crippen LogP contribution in [0.1, 0.15) is 22.1 Å². The van der Waals surface area contributed by atoms with Crippen molar-refractivity contribution in [1.29, 1.82) is 0 Å². The van der Waals surface area contributed by atoms with Gasteiger partial charge in [-0.15, -0.1) is 11.8 Å². The van der Waals surface area contributed by atoms with E-state index in [-0.39, 0.29) is 5.69 Å². The van der Waals surface area contributed by atoms with E-state index in [1.807, 2.05) is 0 Å². The molecule has 1 atom stereocenters. The fourth-order valence-electron chi connectivity index (χ4n) is 2.76. The maximum atomic E-state index is 12.9. The Morgan fingerprint density at radius 3 is 2.21 bits per heavy atom. The van der Waals surface area contributed by atoms with Gasteiger partial charge in [-0.25, -0.2) is 4.79 Å². The number of thioether (sulfide) groups is 1. The minimum Gasteiger partial charge on any atom is -0.308 e. The zero-order chi connectivity index (χ0) is 20.5. The van der Waals surface area contributed by atoms with Crippen molar-refractivity contribution in [2.24, 2.45) is 0 Å². The van der Waals surface area contributed by atoms with Gasteiger partial charge in [0.2, 0.25) is 0 Å². The van der Waals surface area contributed by atoms with E-state index in [1.165, 1.54) is 28.8 Å². The van der Waals surface area contributed by atoms with Crippen molar-refractivity contribution in [3.63, 3.8) is 0 Å². The molecule has 1 saturated heterocycles. The number of carbonyl (C=O) groups excluding carboxylic acids is 1. The number of hydrogen-bond acceptors (Lipinski definition) is 2. The normalized spacial score (nSPS) is 17.6. The number of amides is 2. The maximum absolute atomic E-state index is 12.9. The molecule has 1 N–H and O–H groups in total. The lowest BCUT2D eigenvalue weighted by Gasteiger charge is -2.25. The van der Waals surface area contributed by atoms with Gasteiger partial charge in [0.25, 0.3) is 0 Å². The van der Waals surface area contributed by atoms with Crippen molar-refractivity contribution < 1.29 is 31.1 Å². The SMILES string of the molecule is O=C(Nc1ccc(C(F)(F)F)cc1)N1CCSC1c1cccc(C(F)(F)F)c1. The molecule has 28 heavy (non-hydrogen) atoms. The molecule has 2 aromatic carbocycles. The van der Waals surface area contributed by atoms with Crippen molar-refractivity contribution in [1.82, 2.24) is 4.90 Å². The Hall–Kier alpha value is -2.36. The summed E-state index contributed by atoms with van der Waals surface area (Å²) in [5.41, 5.74) is -1.15. The van der Waals surface area contributed by atoms with Gasteiger partial charge >= 0.3 is 18.4 Å². The Balaban J connectivity index is 1.75. The van der Waals surface area contributed by atoms with Crippen LogP contribution in [-0.4, -0.2) is 23.2 Å². The summed E-state index contributed by atoms with van der Waals surface area (Å²) in [7, 11) is 0. The van der Waals surface area contributed by atoms with Crippen LogP contribution < -0.4 is 5.32 Å². The van der Waals surface area contributed by atoms with Crippen molar-refractivity contribution in [3.05, 3.63) is 65.2 Å². The fraction of sp³-hybridized carbons (Fsp3) is 0.278. The minimum atomic E-state index is -4.49. The third-order valence-corrected chi connectivity index (χ3v) is 5.38. The molecule has 2 aromatic rings. The number of rotatable bonds is 2. The van der Waals surface area contributed by atoms with Gasteiger partial charge in [-0.2, -0.15) is 26.3 Å². The number of hydrogen-bond donors (Lipinski definition) is 1. The van der Waals surface area contributed by atoms with Gasteiger partial charge in [-0.1, -0.05) is 12.1 Å². The number of anilines is 1. The third kappa shape index (κ3) is 4.54. The highest BCUT2D eigenvalue weighted by Crippen LogP contribution is 2.40. The van der Waals surface area contributed by atoms with E-state index >= 15 is 0 Å². The molecule has 0 bridgehead atoms. The molecule has 0 spiro atoms. The van der Waals surface area contributed by atoms with Gasteiger partial charge in [0.15, 0.2) is 0 Å². The molecule has 3 rings (SSSR count). The molecule has 1 unspecified atom stereocenters. The fourth-order valence-corrected chi connectivity index (χ4v) is 4.01. The predicted octanol–water partition coefficient (Wildman–Crippen LogP) is 6.00. The molecule has 1 aliphatic heterocycles. The topological polar surface area (TPSA) is 32.3 Å². The number of halogens is 6. The number of nitrogens with one attached hydrogen (secondary N) is 1. The molecule has 1 heterocycles. The van der Waals surface area contributed by atoms with Crippen LogP contribution in [-0.2, 0) is 12.4 Å². The van der Waals surface area contributed by atoms with E-state index in [0.29, 0.717) is 17.9 Å². The molecular formula is C18H14F6N2OS. The molecule has 1 aliphatic rings. The number of nitrogens with zero attached hydrogens (tertiary/aromatic N) is 1. The van der Waals surface area contributed by atoms with Gasteiger partial charge < -0.3 is 10.2 Å². The second kappa shape index (κ2) is 7.57. The highest BCUT2D eigenvalue weighted by molar-refractivity contribution is 7.99. The molecule has 10 heteroatoms. The number of alkyl halides is 6. The van der Waals surface area contributed by atoms with E-state index in [2.05, 4.69) is 5.32 Å². The van der Waals surface area contributed by atoms with Crippen LogP contribution in [0.15, 0.2) is 48.5 Å². The van der Waals surface area contributed by atoms with Gasteiger partial charge in [-0.05, 0) is 42.0 Å². The first-order valence-electron chi connectivity index (χ1n) is 8.09. The van der Waals surface area contributed by atoms with E-state index in [0.717, 1.165) is 36.4 Å². The Bertz CT molecular complexity index is 850. The highest BCUT2D eigenvalue weighted by Gasteiger charge is 2.35. The van der Waals surface area contributed by atoms with Gasteiger partial charge in [-0.3, -0.25) is 0 Å². The molecule has 1 fully saturated rings. The number of benzene rings is 2. The van der Waals surface area contributed by atoms with Gasteiger partial charge in [0.1, 0.15) is 5.37 Å². The average Bonchev–Trinajstić information content (AvgIpc) is 3.11. The van der Waals surface area contributed by atoms with Crippen LogP contribution in [0.2, 0.25) is 0 Å². The van der Waals surface area contributed by atoms with Crippen LogP contribution in [0.5, 0.6) is 0 Å². The Morgan fingerprint density at radius 1 is 0.964 bits per heavy atom. The lowest BCUT2D eigenvalue weighted by Crippen LogP contribution is -2.34. The van der Waals surface area contributed by atoms with E-state index < -0.39 is 34.9 Å². The summed E-state index contributed by atoms with van der Waals surface area (Å²) in [6, 6.07) is 8.10. The molecule has 0 aromatic heterocycles. The third-order valence-electron chi connectivity index (χ3n) is 4.11. The molecule has 0 aliphatic carbocycles. The quantitative estimate of drug-likeness (QED) is 0.604. The first-order chi connectivity index (χ1) is 13.1. The molecule has 0 saturated carbocycles. The Morgan fingerprint density at radius 2 is 1.61 bits per heavy atom. The lowest BCUT2D eigenvalue weighted by atomic mass is 10.1. The zero-order valence-corrected chi connectivity index (χ0v) is 15.0. The smallest absolute Gasteiger partial charge is 0.308 e. The first kappa shape index (κ1) is 20.4. The van der Waals surface area contributed by atoms with Crippen LogP contribution >= 0.6 is 11.8 Å². The zero-order valence-electron chi connectivity index (χ0n) is 14.1. The summed E-state index contributed by atoms with van der Waals surface area (Å²) in [5, 5.41) is 1.88. The molecule has 3 nitrogen and oxygen atoms in total. The van der Waals surface area contributed by atoms with E-state index in [1.54, 1.807) is 0 Å². The molecule has 2 amide bonds. The number of carbonyl (C=O) groups is 1. The van der Waals surface area contributed by atoms with Crippen molar-refractivity contribution in [2.45, 2.75) is 17.7 Å². The monoisotopic (exact) mass is 420 g/mol. The molecule has 150 valence electrons. The average molecular weight is 420 g/mol. The summed E-state index contributed by atoms with van der Waals surface area (Å²) in [4.78, 5) is 13.9. The molecule has 0 radical (unpaired) electrons. The van der Waals surface area contributed by atoms with Crippen molar-refractivity contribution in [3.8, 4) is 0 Å². The summed E-state index contributed by atoms with van der Waals surface area (Å²) >= 11 is 1.32. The lowest BCUT2D eigenvalue weighted by molar-refractivity contribution is -0.138. The van der Waals surface area contributed by atoms with Gasteiger partial charge in [0.05, 0.1) is 11.1 Å². The van der Waals surface area contributed by atoms with Crippen molar-refractivity contribution >= 4 is 23.5 Å². The van der Waals surface area contributed by atoms with Gasteiger partial charge in [0, 0.05) is 18.0 Å². The van der Waals surface area contributed by atoms with E-state index in [9.17, 15) is 31.1 Å². The highest BCUT2D eigenvalue weighted by atomic mass is 32.2. The number of urea groups is 1. The van der Waals surface area contributed by atoms with E-state index in [4.69, 9.17) is 0 Å². The summed E-state index contributed by atoms with van der Waals surface area (Å²) < 4.78 is 76.6. The summed E-state index contributed by atoms with van der Waals surface area (Å²) in [5.74, 6) is 0.529. The Kier molecular flexibility index (Phi) is 5.51.